The van der Waals surface area contributed by atoms with Gasteiger partial charge < -0.3 is 0 Å². The Kier molecular flexibility index (Phi) is 3.13. The third kappa shape index (κ3) is 2.17. The van der Waals surface area contributed by atoms with Gasteiger partial charge in [0.25, 0.3) is 0 Å². The Morgan fingerprint density at radius 2 is 2.11 bits per heavy atom. The Bertz CT molecular complexity index is 572. The molecule has 1 heterocycles. The Morgan fingerprint density at radius 1 is 1.28 bits per heavy atom. The minimum atomic E-state index is 0.771. The molecule has 0 amide bonds. The molecule has 3 heteroatoms. The van der Waals surface area contributed by atoms with E-state index in [1.165, 1.54) is 35.2 Å². The van der Waals surface area contributed by atoms with Crippen molar-refractivity contribution in [3.8, 4) is 0 Å². The van der Waals surface area contributed by atoms with Crippen molar-refractivity contribution in [3.05, 3.63) is 51.8 Å². The summed E-state index contributed by atoms with van der Waals surface area (Å²) in [7, 11) is 0. The second-order valence-electron chi connectivity index (χ2n) is 5.07. The van der Waals surface area contributed by atoms with Crippen LogP contribution in [-0.4, -0.2) is 9.78 Å². The lowest BCUT2D eigenvalue weighted by molar-refractivity contribution is 0.646. The zero-order valence-electron chi connectivity index (χ0n) is 10.6. The molecule has 0 atom stereocenters. The van der Waals surface area contributed by atoms with Crippen LogP contribution in [0.3, 0.4) is 0 Å². The highest BCUT2D eigenvalue weighted by Crippen LogP contribution is 2.28. The highest BCUT2D eigenvalue weighted by molar-refractivity contribution is 6.30. The zero-order chi connectivity index (χ0) is 12.5. The molecule has 1 aliphatic carbocycles. The van der Waals surface area contributed by atoms with Crippen LogP contribution >= 0.6 is 11.6 Å². The molecule has 0 N–H and O–H groups in total. The molecular formula is C15H17ClN2. The average Bonchev–Trinajstić information content (AvgIpc) is 2.67. The maximum absolute atomic E-state index is 6.43. The van der Waals surface area contributed by atoms with Crippen molar-refractivity contribution in [2.75, 3.05) is 0 Å². The van der Waals surface area contributed by atoms with Crippen molar-refractivity contribution < 1.29 is 0 Å². The highest BCUT2D eigenvalue weighted by Gasteiger charge is 2.19. The summed E-state index contributed by atoms with van der Waals surface area (Å²) in [5.74, 6) is 0. The Morgan fingerprint density at radius 3 is 2.89 bits per heavy atom. The van der Waals surface area contributed by atoms with Crippen LogP contribution in [0.25, 0.3) is 0 Å². The van der Waals surface area contributed by atoms with E-state index in [0.717, 1.165) is 24.5 Å². The normalized spacial score (nSPS) is 14.6. The Balaban J connectivity index is 1.91. The van der Waals surface area contributed by atoms with Gasteiger partial charge in [-0.3, -0.25) is 0 Å². The van der Waals surface area contributed by atoms with E-state index >= 15 is 0 Å². The molecule has 2 nitrogen and oxygen atoms in total. The van der Waals surface area contributed by atoms with Crippen LogP contribution < -0.4 is 0 Å². The van der Waals surface area contributed by atoms with Crippen molar-refractivity contribution in [3.63, 3.8) is 0 Å². The van der Waals surface area contributed by atoms with Gasteiger partial charge in [0.2, 0.25) is 0 Å². The second kappa shape index (κ2) is 4.77. The molecule has 0 saturated carbocycles. The summed E-state index contributed by atoms with van der Waals surface area (Å²) in [4.78, 5) is 0. The van der Waals surface area contributed by atoms with Crippen LogP contribution in [0.1, 0.15) is 35.2 Å². The summed E-state index contributed by atoms with van der Waals surface area (Å²) in [5.41, 5.74) is 5.02. The smallest absolute Gasteiger partial charge is 0.130 e. The van der Waals surface area contributed by atoms with Crippen LogP contribution in [0.4, 0.5) is 0 Å². The minimum absolute atomic E-state index is 0.771. The summed E-state index contributed by atoms with van der Waals surface area (Å²) in [5, 5.41) is 5.50. The fourth-order valence-electron chi connectivity index (χ4n) is 2.66. The summed E-state index contributed by atoms with van der Waals surface area (Å²) < 4.78 is 1.95. The lowest BCUT2D eigenvalue weighted by atomic mass is 9.99. The first-order chi connectivity index (χ1) is 8.74. The number of nitrogens with zero attached hydrogens (tertiary/aromatic N) is 2. The number of aromatic nitrogens is 2. The Labute approximate surface area is 113 Å². The maximum Gasteiger partial charge on any atom is 0.130 e. The van der Waals surface area contributed by atoms with Gasteiger partial charge in [0.05, 0.1) is 12.2 Å². The number of halogens is 1. The highest BCUT2D eigenvalue weighted by atomic mass is 35.5. The predicted molar refractivity (Wildman–Crippen MR) is 74.2 cm³/mol. The average molecular weight is 261 g/mol. The number of benzene rings is 1. The third-order valence-corrected chi connectivity index (χ3v) is 3.99. The van der Waals surface area contributed by atoms with E-state index in [4.69, 9.17) is 11.6 Å². The molecule has 18 heavy (non-hydrogen) atoms. The lowest BCUT2D eigenvalue weighted by Gasteiger charge is -2.08. The van der Waals surface area contributed by atoms with Crippen molar-refractivity contribution in [2.45, 2.75) is 39.2 Å². The minimum Gasteiger partial charge on any atom is -0.249 e. The molecular weight excluding hydrogens is 244 g/mol. The van der Waals surface area contributed by atoms with E-state index in [2.05, 4.69) is 36.3 Å². The van der Waals surface area contributed by atoms with Crippen molar-refractivity contribution in [1.82, 2.24) is 9.78 Å². The molecule has 1 aromatic carbocycles. The van der Waals surface area contributed by atoms with E-state index in [-0.39, 0.29) is 0 Å². The van der Waals surface area contributed by atoms with Gasteiger partial charge in [-0.25, -0.2) is 4.68 Å². The molecule has 0 aliphatic heterocycles. The van der Waals surface area contributed by atoms with Gasteiger partial charge in [0.15, 0.2) is 0 Å². The largest absolute Gasteiger partial charge is 0.249 e. The molecule has 1 aliphatic rings. The van der Waals surface area contributed by atoms with Gasteiger partial charge in [-0.1, -0.05) is 41.4 Å². The first kappa shape index (κ1) is 11.8. The van der Waals surface area contributed by atoms with Crippen LogP contribution in [0, 0.1) is 6.92 Å². The van der Waals surface area contributed by atoms with Crippen LogP contribution in [-0.2, 0) is 19.4 Å². The first-order valence-electron chi connectivity index (χ1n) is 6.53. The summed E-state index contributed by atoms with van der Waals surface area (Å²) in [6.07, 6.45) is 4.64. The molecule has 1 aromatic heterocycles. The maximum atomic E-state index is 6.43. The number of aryl methyl sites for hydroxylation is 2. The molecule has 3 rings (SSSR count). The van der Waals surface area contributed by atoms with E-state index < -0.39 is 0 Å². The van der Waals surface area contributed by atoms with Gasteiger partial charge in [0.1, 0.15) is 5.15 Å². The number of hydrogen-bond donors (Lipinski definition) is 0. The molecule has 0 unspecified atom stereocenters. The quantitative estimate of drug-likeness (QED) is 0.804. The standard InChI is InChI=1S/C15H17ClN2/c1-11-5-4-6-12(9-11)10-18-15(16)13-7-2-3-8-14(13)17-18/h4-6,9H,2-3,7-8,10H2,1H3. The van der Waals surface area contributed by atoms with Gasteiger partial charge in [-0.2, -0.15) is 5.10 Å². The molecule has 2 aromatic rings. The van der Waals surface area contributed by atoms with E-state index in [0.29, 0.717) is 0 Å². The fourth-order valence-corrected chi connectivity index (χ4v) is 2.96. The fraction of sp³-hybridized carbons (Fsp3) is 0.400. The molecule has 94 valence electrons. The summed E-state index contributed by atoms with van der Waals surface area (Å²) in [6, 6.07) is 8.52. The number of hydrogen-bond acceptors (Lipinski definition) is 1. The summed E-state index contributed by atoms with van der Waals surface area (Å²) in [6.45, 7) is 2.88. The van der Waals surface area contributed by atoms with Gasteiger partial charge >= 0.3 is 0 Å². The second-order valence-corrected chi connectivity index (χ2v) is 5.43. The van der Waals surface area contributed by atoms with Gasteiger partial charge in [0, 0.05) is 5.56 Å². The number of rotatable bonds is 2. The van der Waals surface area contributed by atoms with Crippen molar-refractivity contribution in [1.29, 1.82) is 0 Å². The summed E-state index contributed by atoms with van der Waals surface area (Å²) >= 11 is 6.43. The molecule has 0 spiro atoms. The van der Waals surface area contributed by atoms with E-state index in [1.807, 2.05) is 4.68 Å². The topological polar surface area (TPSA) is 17.8 Å². The molecule has 0 radical (unpaired) electrons. The molecule has 0 fully saturated rings. The van der Waals surface area contributed by atoms with E-state index in [9.17, 15) is 0 Å². The SMILES string of the molecule is Cc1cccc(Cn2nc3c(c2Cl)CCCC3)c1. The lowest BCUT2D eigenvalue weighted by Crippen LogP contribution is -2.02. The van der Waals surface area contributed by atoms with Gasteiger partial charge in [-0.15, -0.1) is 0 Å². The van der Waals surface area contributed by atoms with E-state index in [1.54, 1.807) is 0 Å². The number of fused-ring (bicyclic) bond motifs is 1. The monoisotopic (exact) mass is 260 g/mol. The molecule has 0 saturated heterocycles. The van der Waals surface area contributed by atoms with Crippen LogP contribution in [0.2, 0.25) is 5.15 Å². The first-order valence-corrected chi connectivity index (χ1v) is 6.91. The zero-order valence-corrected chi connectivity index (χ0v) is 11.4. The van der Waals surface area contributed by atoms with Crippen molar-refractivity contribution in [2.24, 2.45) is 0 Å². The Hall–Kier alpha value is -1.28. The van der Waals surface area contributed by atoms with Crippen molar-refractivity contribution >= 4 is 11.6 Å². The van der Waals surface area contributed by atoms with Gasteiger partial charge in [-0.05, 0) is 38.2 Å². The van der Waals surface area contributed by atoms with Crippen LogP contribution in [0.5, 0.6) is 0 Å². The molecule has 0 bridgehead atoms. The predicted octanol–water partition coefficient (Wildman–Crippen LogP) is 3.77. The van der Waals surface area contributed by atoms with Crippen LogP contribution in [0.15, 0.2) is 24.3 Å². The third-order valence-electron chi connectivity index (χ3n) is 3.57.